The smallest absolute Gasteiger partial charge is 0.254 e. The predicted octanol–water partition coefficient (Wildman–Crippen LogP) is 4.19. The van der Waals surface area contributed by atoms with Gasteiger partial charge in [0.05, 0.1) is 14.2 Å². The Labute approximate surface area is 205 Å². The zero-order chi connectivity index (χ0) is 24.8. The quantitative estimate of drug-likeness (QED) is 0.514. The molecule has 0 unspecified atom stereocenters. The first-order valence-corrected chi connectivity index (χ1v) is 11.6. The molecular weight excluding hydrogens is 444 g/mol. The Morgan fingerprint density at radius 1 is 0.743 bits per heavy atom. The lowest BCUT2D eigenvalue weighted by molar-refractivity contribution is 0.0535. The molecule has 2 amide bonds. The van der Waals surface area contributed by atoms with Crippen molar-refractivity contribution in [2.45, 2.75) is 13.5 Å². The van der Waals surface area contributed by atoms with Gasteiger partial charge in [-0.2, -0.15) is 0 Å². The molecule has 1 aliphatic heterocycles. The Bertz CT molecular complexity index is 1200. The van der Waals surface area contributed by atoms with E-state index in [4.69, 9.17) is 14.2 Å². The number of amides is 2. The third-order valence-electron chi connectivity index (χ3n) is 6.05. The molecule has 0 aromatic heterocycles. The molecule has 0 N–H and O–H groups in total. The van der Waals surface area contributed by atoms with E-state index in [0.29, 0.717) is 61.2 Å². The molecule has 1 aliphatic rings. The van der Waals surface area contributed by atoms with Crippen LogP contribution < -0.4 is 14.2 Å². The second-order valence-corrected chi connectivity index (χ2v) is 8.46. The summed E-state index contributed by atoms with van der Waals surface area (Å²) in [5.41, 5.74) is 3.36. The van der Waals surface area contributed by atoms with Gasteiger partial charge in [-0.25, -0.2) is 0 Å². The fourth-order valence-electron chi connectivity index (χ4n) is 4.13. The first-order chi connectivity index (χ1) is 17.0. The van der Waals surface area contributed by atoms with Gasteiger partial charge in [0, 0.05) is 37.3 Å². The van der Waals surface area contributed by atoms with Crippen molar-refractivity contribution >= 4 is 11.8 Å². The Morgan fingerprint density at radius 2 is 1.37 bits per heavy atom. The second kappa shape index (κ2) is 11.0. The number of ether oxygens (including phenoxy) is 3. The average molecular weight is 475 g/mol. The summed E-state index contributed by atoms with van der Waals surface area (Å²) in [6.07, 6.45) is 0. The van der Waals surface area contributed by atoms with Crippen LogP contribution in [0.3, 0.4) is 0 Å². The van der Waals surface area contributed by atoms with Crippen LogP contribution in [0, 0.1) is 6.92 Å². The summed E-state index contributed by atoms with van der Waals surface area (Å²) in [5.74, 6) is 1.58. The number of benzene rings is 3. The fourth-order valence-corrected chi connectivity index (χ4v) is 4.13. The van der Waals surface area contributed by atoms with E-state index < -0.39 is 0 Å². The normalized spacial score (nSPS) is 13.3. The molecule has 0 spiro atoms. The van der Waals surface area contributed by atoms with Crippen LogP contribution in [-0.2, 0) is 6.61 Å². The number of hydrogen-bond acceptors (Lipinski definition) is 5. The minimum atomic E-state index is -0.0930. The maximum absolute atomic E-state index is 13.1. The monoisotopic (exact) mass is 474 g/mol. The van der Waals surface area contributed by atoms with Gasteiger partial charge in [0.2, 0.25) is 0 Å². The number of piperazine rings is 1. The largest absolute Gasteiger partial charge is 0.493 e. The van der Waals surface area contributed by atoms with Gasteiger partial charge in [0.25, 0.3) is 11.8 Å². The summed E-state index contributed by atoms with van der Waals surface area (Å²) >= 11 is 0. The molecule has 4 rings (SSSR count). The first kappa shape index (κ1) is 24.1. The molecule has 3 aromatic rings. The van der Waals surface area contributed by atoms with Gasteiger partial charge in [0.15, 0.2) is 11.5 Å². The van der Waals surface area contributed by atoms with Crippen molar-refractivity contribution in [3.8, 4) is 17.2 Å². The van der Waals surface area contributed by atoms with Crippen molar-refractivity contribution in [2.75, 3.05) is 40.4 Å². The number of methoxy groups -OCH3 is 2. The third-order valence-corrected chi connectivity index (χ3v) is 6.05. The van der Waals surface area contributed by atoms with E-state index in [-0.39, 0.29) is 11.8 Å². The van der Waals surface area contributed by atoms with Crippen molar-refractivity contribution in [1.82, 2.24) is 9.80 Å². The summed E-state index contributed by atoms with van der Waals surface area (Å²) in [4.78, 5) is 29.6. The second-order valence-electron chi connectivity index (χ2n) is 8.46. The number of rotatable bonds is 7. The van der Waals surface area contributed by atoms with Crippen LogP contribution in [0.1, 0.15) is 31.8 Å². The lowest BCUT2D eigenvalue weighted by Gasteiger charge is -2.35. The predicted molar refractivity (Wildman–Crippen MR) is 133 cm³/mol. The van der Waals surface area contributed by atoms with Crippen LogP contribution in [0.2, 0.25) is 0 Å². The van der Waals surface area contributed by atoms with Gasteiger partial charge in [0.1, 0.15) is 12.4 Å². The van der Waals surface area contributed by atoms with Gasteiger partial charge in [-0.3, -0.25) is 9.59 Å². The highest BCUT2D eigenvalue weighted by molar-refractivity contribution is 5.96. The lowest BCUT2D eigenvalue weighted by atomic mass is 10.1. The number of carbonyl (C=O) groups excluding carboxylic acids is 2. The summed E-state index contributed by atoms with van der Waals surface area (Å²) < 4.78 is 16.5. The highest BCUT2D eigenvalue weighted by Crippen LogP contribution is 2.28. The molecule has 1 heterocycles. The van der Waals surface area contributed by atoms with Crippen molar-refractivity contribution in [3.05, 3.63) is 89.0 Å². The minimum absolute atomic E-state index is 0.0655. The molecule has 182 valence electrons. The van der Waals surface area contributed by atoms with Crippen molar-refractivity contribution < 1.29 is 23.8 Å². The molecule has 1 fully saturated rings. The van der Waals surface area contributed by atoms with Crippen LogP contribution in [0.5, 0.6) is 17.2 Å². The van der Waals surface area contributed by atoms with Crippen molar-refractivity contribution in [3.63, 3.8) is 0 Å². The van der Waals surface area contributed by atoms with Crippen LogP contribution in [0.25, 0.3) is 0 Å². The van der Waals surface area contributed by atoms with E-state index in [9.17, 15) is 9.59 Å². The summed E-state index contributed by atoms with van der Waals surface area (Å²) in [6.45, 7) is 4.34. The SMILES string of the molecule is COc1ccc(C(=O)N2CCN(C(=O)c3cccc(OCc4cccc(C)c4)c3)CC2)cc1OC. The maximum Gasteiger partial charge on any atom is 0.254 e. The standard InChI is InChI=1S/C28H30N2O5/c1-20-6-4-7-21(16-20)19-35-24-9-5-8-22(17-24)27(31)29-12-14-30(15-13-29)28(32)23-10-11-25(33-2)26(18-23)34-3/h4-11,16-18H,12-15,19H2,1-3H3. The van der Waals surface area contributed by atoms with E-state index in [1.807, 2.05) is 37.3 Å². The molecule has 0 aliphatic carbocycles. The summed E-state index contributed by atoms with van der Waals surface area (Å²) in [7, 11) is 3.10. The molecule has 0 atom stereocenters. The van der Waals surface area contributed by atoms with E-state index in [2.05, 4.69) is 6.07 Å². The van der Waals surface area contributed by atoms with E-state index in [0.717, 1.165) is 5.56 Å². The molecule has 35 heavy (non-hydrogen) atoms. The Morgan fingerprint density at radius 3 is 2.00 bits per heavy atom. The van der Waals surface area contributed by atoms with Crippen LogP contribution in [-0.4, -0.2) is 62.0 Å². The fraction of sp³-hybridized carbons (Fsp3) is 0.286. The highest BCUT2D eigenvalue weighted by atomic mass is 16.5. The van der Waals surface area contributed by atoms with Gasteiger partial charge in [-0.15, -0.1) is 0 Å². The molecule has 1 saturated heterocycles. The van der Waals surface area contributed by atoms with Crippen LogP contribution in [0.4, 0.5) is 0 Å². The molecule has 7 nitrogen and oxygen atoms in total. The Balaban J connectivity index is 1.35. The molecule has 0 radical (unpaired) electrons. The van der Waals surface area contributed by atoms with Crippen molar-refractivity contribution in [1.29, 1.82) is 0 Å². The number of aryl methyl sites for hydroxylation is 1. The lowest BCUT2D eigenvalue weighted by Crippen LogP contribution is -2.50. The zero-order valence-electron chi connectivity index (χ0n) is 20.3. The first-order valence-electron chi connectivity index (χ1n) is 11.6. The minimum Gasteiger partial charge on any atom is -0.493 e. The number of hydrogen-bond donors (Lipinski definition) is 0. The maximum atomic E-state index is 13.1. The molecule has 0 bridgehead atoms. The highest BCUT2D eigenvalue weighted by Gasteiger charge is 2.26. The van der Waals surface area contributed by atoms with E-state index in [1.165, 1.54) is 5.56 Å². The van der Waals surface area contributed by atoms with Crippen molar-refractivity contribution in [2.24, 2.45) is 0 Å². The molecular formula is C28H30N2O5. The topological polar surface area (TPSA) is 68.3 Å². The van der Waals surface area contributed by atoms with Gasteiger partial charge in [-0.1, -0.05) is 35.9 Å². The molecule has 7 heteroatoms. The average Bonchev–Trinajstić information content (AvgIpc) is 2.91. The number of carbonyl (C=O) groups is 2. The number of nitrogens with zero attached hydrogens (tertiary/aromatic N) is 2. The van der Waals surface area contributed by atoms with E-state index >= 15 is 0 Å². The molecule has 3 aromatic carbocycles. The molecule has 0 saturated carbocycles. The van der Waals surface area contributed by atoms with Gasteiger partial charge >= 0.3 is 0 Å². The van der Waals surface area contributed by atoms with Crippen LogP contribution >= 0.6 is 0 Å². The van der Waals surface area contributed by atoms with Gasteiger partial charge in [-0.05, 0) is 48.9 Å². The van der Waals surface area contributed by atoms with Gasteiger partial charge < -0.3 is 24.0 Å². The zero-order valence-corrected chi connectivity index (χ0v) is 20.3. The Kier molecular flexibility index (Phi) is 7.55. The summed E-state index contributed by atoms with van der Waals surface area (Å²) in [6, 6.07) is 20.5. The van der Waals surface area contributed by atoms with E-state index in [1.54, 1.807) is 54.4 Å². The van der Waals surface area contributed by atoms with Crippen LogP contribution in [0.15, 0.2) is 66.7 Å². The Hall–Kier alpha value is -4.00. The summed E-state index contributed by atoms with van der Waals surface area (Å²) in [5, 5.41) is 0. The third kappa shape index (κ3) is 5.74.